The molecule has 1 N–H and O–H groups in total. The number of hydrogen-bond acceptors (Lipinski definition) is 3. The first-order valence-electron chi connectivity index (χ1n) is 8.18. The van der Waals surface area contributed by atoms with Crippen molar-refractivity contribution in [3.05, 3.63) is 74.4 Å². The number of nitrogens with zero attached hydrogens (tertiary/aromatic N) is 3. The fourth-order valence-electron chi connectivity index (χ4n) is 3.10. The molecule has 5 nitrogen and oxygen atoms in total. The van der Waals surface area contributed by atoms with Gasteiger partial charge in [-0.05, 0) is 49.4 Å². The summed E-state index contributed by atoms with van der Waals surface area (Å²) in [7, 11) is 0. The second-order valence-electron chi connectivity index (χ2n) is 6.20. The number of pyridine rings is 1. The van der Waals surface area contributed by atoms with Crippen molar-refractivity contribution in [2.24, 2.45) is 0 Å². The molecule has 2 heterocycles. The number of rotatable bonds is 3. The van der Waals surface area contributed by atoms with E-state index in [9.17, 15) is 9.90 Å². The summed E-state index contributed by atoms with van der Waals surface area (Å²) in [5, 5.41) is 15.7. The van der Waals surface area contributed by atoms with Gasteiger partial charge in [-0.1, -0.05) is 39.1 Å². The van der Waals surface area contributed by atoms with Crippen molar-refractivity contribution < 1.29 is 9.90 Å². The Labute approximate surface area is 178 Å². The highest BCUT2D eigenvalue weighted by Gasteiger charge is 2.17. The Kier molecular flexibility index (Phi) is 4.87. The van der Waals surface area contributed by atoms with Gasteiger partial charge in [0.05, 0.1) is 34.4 Å². The first-order valence-corrected chi connectivity index (χ1v) is 9.73. The van der Waals surface area contributed by atoms with Crippen molar-refractivity contribution in [2.45, 2.75) is 6.92 Å². The minimum Gasteiger partial charge on any atom is -0.478 e. The summed E-state index contributed by atoms with van der Waals surface area (Å²) in [6.07, 6.45) is 1.66. The number of carbonyl (C=O) groups is 1. The largest absolute Gasteiger partial charge is 0.478 e. The lowest BCUT2D eigenvalue weighted by Gasteiger charge is -2.09. The van der Waals surface area contributed by atoms with Crippen LogP contribution in [0.5, 0.6) is 0 Å². The third-order valence-electron chi connectivity index (χ3n) is 4.38. The molecule has 28 heavy (non-hydrogen) atoms. The van der Waals surface area contributed by atoms with Gasteiger partial charge in [0.15, 0.2) is 0 Å². The van der Waals surface area contributed by atoms with Crippen LogP contribution in [0.15, 0.2) is 53.1 Å². The zero-order valence-electron chi connectivity index (χ0n) is 14.4. The molecule has 0 aliphatic carbocycles. The van der Waals surface area contributed by atoms with Gasteiger partial charge in [-0.3, -0.25) is 0 Å². The first kappa shape index (κ1) is 18.9. The van der Waals surface area contributed by atoms with E-state index in [0.29, 0.717) is 32.3 Å². The van der Waals surface area contributed by atoms with Crippen molar-refractivity contribution in [1.82, 2.24) is 14.8 Å². The third kappa shape index (κ3) is 3.39. The van der Waals surface area contributed by atoms with E-state index in [-0.39, 0.29) is 5.56 Å². The second-order valence-corrected chi connectivity index (χ2v) is 7.99. The van der Waals surface area contributed by atoms with Gasteiger partial charge in [-0.25, -0.2) is 14.5 Å². The topological polar surface area (TPSA) is 68.0 Å². The van der Waals surface area contributed by atoms with E-state index < -0.39 is 5.97 Å². The summed E-state index contributed by atoms with van der Waals surface area (Å²) in [6.45, 7) is 1.88. The number of halogens is 3. The molecule has 0 amide bonds. The SMILES string of the molecule is Cc1c(-c2cc(C(=O)O)c3cc(Br)ccc3n2)cnn1-c1cc(Cl)cc(Cl)c1. The summed E-state index contributed by atoms with van der Waals surface area (Å²) in [5.74, 6) is -1.02. The van der Waals surface area contributed by atoms with Gasteiger partial charge in [0.25, 0.3) is 0 Å². The number of hydrogen-bond donors (Lipinski definition) is 1. The molecule has 2 aromatic carbocycles. The Morgan fingerprint density at radius 1 is 1.11 bits per heavy atom. The molecule has 0 unspecified atom stereocenters. The molecule has 0 fully saturated rings. The average Bonchev–Trinajstić information content (AvgIpc) is 3.01. The van der Waals surface area contributed by atoms with Crippen LogP contribution >= 0.6 is 39.1 Å². The molecule has 4 rings (SSSR count). The fraction of sp³-hybridized carbons (Fsp3) is 0.0500. The maximum Gasteiger partial charge on any atom is 0.336 e. The van der Waals surface area contributed by atoms with E-state index in [4.69, 9.17) is 23.2 Å². The minimum absolute atomic E-state index is 0.180. The Morgan fingerprint density at radius 3 is 2.50 bits per heavy atom. The smallest absolute Gasteiger partial charge is 0.336 e. The normalized spacial score (nSPS) is 11.1. The van der Waals surface area contributed by atoms with Crippen LogP contribution in [0, 0.1) is 6.92 Å². The van der Waals surface area contributed by atoms with Crippen molar-refractivity contribution in [3.63, 3.8) is 0 Å². The molecule has 140 valence electrons. The summed E-state index contributed by atoms with van der Waals surface area (Å²) < 4.78 is 2.49. The monoisotopic (exact) mass is 475 g/mol. The molecule has 2 aromatic heterocycles. The molecular weight excluding hydrogens is 465 g/mol. The Bertz CT molecular complexity index is 1230. The molecule has 0 saturated heterocycles. The van der Waals surface area contributed by atoms with Crippen molar-refractivity contribution in [2.75, 3.05) is 0 Å². The number of benzene rings is 2. The van der Waals surface area contributed by atoms with E-state index in [0.717, 1.165) is 15.7 Å². The van der Waals surface area contributed by atoms with Gasteiger partial charge in [-0.2, -0.15) is 5.10 Å². The molecule has 8 heteroatoms. The van der Waals surface area contributed by atoms with Crippen molar-refractivity contribution in [3.8, 4) is 16.9 Å². The lowest BCUT2D eigenvalue weighted by Crippen LogP contribution is -2.01. The molecular formula is C20H12BrCl2N3O2. The van der Waals surface area contributed by atoms with Crippen LogP contribution in [-0.2, 0) is 0 Å². The van der Waals surface area contributed by atoms with Gasteiger partial charge in [0, 0.05) is 25.5 Å². The van der Waals surface area contributed by atoms with E-state index in [1.54, 1.807) is 47.3 Å². The lowest BCUT2D eigenvalue weighted by atomic mass is 10.0. The fourth-order valence-corrected chi connectivity index (χ4v) is 3.97. The Hall–Kier alpha value is -2.41. The first-order chi connectivity index (χ1) is 13.3. The van der Waals surface area contributed by atoms with E-state index in [1.165, 1.54) is 0 Å². The maximum absolute atomic E-state index is 11.8. The zero-order valence-corrected chi connectivity index (χ0v) is 17.5. The summed E-state index contributed by atoms with van der Waals surface area (Å²) in [6, 6.07) is 12.1. The molecule has 0 bridgehead atoms. The summed E-state index contributed by atoms with van der Waals surface area (Å²) in [5.41, 5.74) is 3.53. The quantitative estimate of drug-likeness (QED) is 0.384. The number of aromatic carboxylic acids is 1. The third-order valence-corrected chi connectivity index (χ3v) is 5.31. The van der Waals surface area contributed by atoms with Crippen LogP contribution in [0.3, 0.4) is 0 Å². The molecule has 0 radical (unpaired) electrons. The number of carboxylic acids is 1. The van der Waals surface area contributed by atoms with Crippen LogP contribution in [0.25, 0.3) is 27.8 Å². The van der Waals surface area contributed by atoms with Crippen LogP contribution in [0.1, 0.15) is 16.1 Å². The maximum atomic E-state index is 11.8. The molecule has 4 aromatic rings. The summed E-state index contributed by atoms with van der Waals surface area (Å²) in [4.78, 5) is 16.4. The van der Waals surface area contributed by atoms with Crippen LogP contribution in [0.2, 0.25) is 10.0 Å². The van der Waals surface area contributed by atoms with E-state index in [2.05, 4.69) is 26.0 Å². The lowest BCUT2D eigenvalue weighted by molar-refractivity contribution is 0.0699. The highest BCUT2D eigenvalue weighted by Crippen LogP contribution is 2.30. The van der Waals surface area contributed by atoms with Gasteiger partial charge in [0.2, 0.25) is 0 Å². The van der Waals surface area contributed by atoms with Crippen LogP contribution in [-0.4, -0.2) is 25.8 Å². The highest BCUT2D eigenvalue weighted by atomic mass is 79.9. The van der Waals surface area contributed by atoms with E-state index in [1.807, 2.05) is 13.0 Å². The summed E-state index contributed by atoms with van der Waals surface area (Å²) >= 11 is 15.6. The molecule has 0 spiro atoms. The molecule has 0 aliphatic rings. The zero-order chi connectivity index (χ0) is 20.0. The molecule has 0 atom stereocenters. The average molecular weight is 477 g/mol. The number of carboxylic acid groups (broad SMARTS) is 1. The highest BCUT2D eigenvalue weighted by molar-refractivity contribution is 9.10. The van der Waals surface area contributed by atoms with Crippen LogP contribution in [0.4, 0.5) is 0 Å². The predicted molar refractivity (Wildman–Crippen MR) is 114 cm³/mol. The molecule has 0 aliphatic heterocycles. The second kappa shape index (κ2) is 7.20. The predicted octanol–water partition coefficient (Wildman–Crippen LogP) is 6.16. The van der Waals surface area contributed by atoms with Gasteiger partial charge < -0.3 is 5.11 Å². The minimum atomic E-state index is -1.02. The van der Waals surface area contributed by atoms with Gasteiger partial charge in [-0.15, -0.1) is 0 Å². The Balaban J connectivity index is 1.91. The van der Waals surface area contributed by atoms with Crippen molar-refractivity contribution in [1.29, 1.82) is 0 Å². The Morgan fingerprint density at radius 2 is 1.82 bits per heavy atom. The van der Waals surface area contributed by atoms with Gasteiger partial charge >= 0.3 is 5.97 Å². The van der Waals surface area contributed by atoms with Gasteiger partial charge in [0.1, 0.15) is 0 Å². The van der Waals surface area contributed by atoms with E-state index >= 15 is 0 Å². The standard InChI is InChI=1S/C20H12BrCl2N3O2/c1-10-17(9-24-26(10)14-6-12(22)5-13(23)7-14)19-8-16(20(27)28)15-4-11(21)2-3-18(15)25-19/h2-9H,1H3,(H,27,28). The number of fused-ring (bicyclic) bond motifs is 1. The van der Waals surface area contributed by atoms with Crippen molar-refractivity contribution >= 4 is 56.0 Å². The molecule has 0 saturated carbocycles. The van der Waals surface area contributed by atoms with Crippen LogP contribution < -0.4 is 0 Å². The number of aromatic nitrogens is 3.